The summed E-state index contributed by atoms with van der Waals surface area (Å²) in [4.78, 5) is 19.8. The Balaban J connectivity index is 1.67. The summed E-state index contributed by atoms with van der Waals surface area (Å²) in [6.07, 6.45) is -1.52. The van der Waals surface area contributed by atoms with E-state index in [0.717, 1.165) is 12.1 Å². The maximum Gasteiger partial charge on any atom is 0.416 e. The first-order valence-electron chi connectivity index (χ1n) is 8.24. The van der Waals surface area contributed by atoms with Crippen LogP contribution in [0.5, 0.6) is 0 Å². The molecule has 29 heavy (non-hydrogen) atoms. The highest BCUT2D eigenvalue weighted by Crippen LogP contribution is 2.30. The zero-order valence-electron chi connectivity index (χ0n) is 14.8. The highest BCUT2D eigenvalue weighted by molar-refractivity contribution is 5.99. The molecule has 2 amide bonds. The summed E-state index contributed by atoms with van der Waals surface area (Å²) >= 11 is 0. The maximum atomic E-state index is 12.8. The van der Waals surface area contributed by atoms with Gasteiger partial charge in [0.2, 0.25) is 5.95 Å². The number of carbonyl (C=O) groups is 1. The Morgan fingerprint density at radius 2 is 1.48 bits per heavy atom. The number of alkyl halides is 3. The van der Waals surface area contributed by atoms with Crippen molar-refractivity contribution in [2.24, 2.45) is 0 Å². The van der Waals surface area contributed by atoms with Gasteiger partial charge in [-0.25, -0.2) is 14.8 Å². The number of hydrogen-bond acceptors (Lipinski definition) is 4. The highest BCUT2D eigenvalue weighted by atomic mass is 19.4. The van der Waals surface area contributed by atoms with E-state index in [2.05, 4.69) is 32.4 Å². The summed E-state index contributed by atoms with van der Waals surface area (Å²) in [6.45, 7) is 0. The Hall–Kier alpha value is -4.06. The number of urea groups is 1. The third-order valence-corrected chi connectivity index (χ3v) is 3.59. The van der Waals surface area contributed by atoms with Crippen molar-refractivity contribution in [1.29, 1.82) is 0 Å². The van der Waals surface area contributed by atoms with E-state index in [9.17, 15) is 18.0 Å². The summed E-state index contributed by atoms with van der Waals surface area (Å²) in [7, 11) is 0. The van der Waals surface area contributed by atoms with Gasteiger partial charge in [0.1, 0.15) is 0 Å². The van der Waals surface area contributed by atoms with Gasteiger partial charge in [0.25, 0.3) is 0 Å². The van der Waals surface area contributed by atoms with Gasteiger partial charge in [-0.2, -0.15) is 13.2 Å². The Kier molecular flexibility index (Phi) is 5.64. The Bertz CT molecular complexity index is 1090. The standard InChI is InChI=1S/C20H14F3N5O/c21-20(22,23)15-4-2-6-17(10-15)28-19(29)27-16-5-1-3-13(9-16)7-8-14-11-25-18(24)26-12-14/h1-6,9-12H,(H2,24,25,26)(H2,27,28,29). The molecule has 0 aliphatic rings. The zero-order valence-corrected chi connectivity index (χ0v) is 14.8. The van der Waals surface area contributed by atoms with Gasteiger partial charge in [0, 0.05) is 29.3 Å². The van der Waals surface area contributed by atoms with Crippen LogP contribution in [0.3, 0.4) is 0 Å². The first-order chi connectivity index (χ1) is 13.8. The van der Waals surface area contributed by atoms with Gasteiger partial charge in [-0.15, -0.1) is 0 Å². The van der Waals surface area contributed by atoms with Crippen molar-refractivity contribution in [2.45, 2.75) is 6.18 Å². The summed E-state index contributed by atoms with van der Waals surface area (Å²) in [5, 5.41) is 4.93. The number of nitrogen functional groups attached to an aromatic ring is 1. The smallest absolute Gasteiger partial charge is 0.368 e. The van der Waals surface area contributed by atoms with Gasteiger partial charge in [-0.1, -0.05) is 24.0 Å². The van der Waals surface area contributed by atoms with Gasteiger partial charge in [-0.3, -0.25) is 0 Å². The van der Waals surface area contributed by atoms with E-state index in [4.69, 9.17) is 5.73 Å². The number of nitrogens with two attached hydrogens (primary N) is 1. The monoisotopic (exact) mass is 397 g/mol. The lowest BCUT2D eigenvalue weighted by Gasteiger charge is -2.11. The number of halogens is 3. The molecule has 0 saturated heterocycles. The van der Waals surface area contributed by atoms with Gasteiger partial charge in [0.05, 0.1) is 11.1 Å². The summed E-state index contributed by atoms with van der Waals surface area (Å²) < 4.78 is 38.3. The summed E-state index contributed by atoms with van der Waals surface area (Å²) in [6, 6.07) is 10.4. The van der Waals surface area contributed by atoms with Crippen molar-refractivity contribution >= 4 is 23.4 Å². The third kappa shape index (κ3) is 5.71. The molecule has 3 aromatic rings. The molecule has 6 nitrogen and oxygen atoms in total. The van der Waals surface area contributed by atoms with E-state index >= 15 is 0 Å². The molecule has 0 atom stereocenters. The molecule has 0 bridgehead atoms. The fourth-order valence-electron chi connectivity index (χ4n) is 2.29. The molecule has 2 aromatic carbocycles. The van der Waals surface area contributed by atoms with Crippen molar-refractivity contribution < 1.29 is 18.0 Å². The minimum atomic E-state index is -4.49. The molecule has 0 aliphatic carbocycles. The predicted octanol–water partition coefficient (Wildman–Crippen LogP) is 4.12. The zero-order chi connectivity index (χ0) is 20.9. The first-order valence-corrected chi connectivity index (χ1v) is 8.24. The van der Waals surface area contributed by atoms with E-state index in [-0.39, 0.29) is 11.6 Å². The van der Waals surface area contributed by atoms with E-state index in [1.807, 2.05) is 0 Å². The molecule has 3 rings (SSSR count). The second kappa shape index (κ2) is 8.31. The molecule has 0 fully saturated rings. The SMILES string of the molecule is Nc1ncc(C#Cc2cccc(NC(=O)Nc3cccc(C(F)(F)F)c3)c2)cn1. The quantitative estimate of drug-likeness (QED) is 0.567. The fourth-order valence-corrected chi connectivity index (χ4v) is 2.29. The summed E-state index contributed by atoms with van der Waals surface area (Å²) in [5.74, 6) is 5.91. The number of nitrogens with one attached hydrogen (secondary N) is 2. The van der Waals surface area contributed by atoms with Crippen molar-refractivity contribution in [3.63, 3.8) is 0 Å². The number of benzene rings is 2. The number of carbonyl (C=O) groups excluding carboxylic acids is 1. The molecule has 0 radical (unpaired) electrons. The van der Waals surface area contributed by atoms with E-state index in [1.165, 1.54) is 24.5 Å². The van der Waals surface area contributed by atoms with Crippen LogP contribution < -0.4 is 16.4 Å². The Labute approximate surface area is 164 Å². The molecule has 0 saturated carbocycles. The lowest BCUT2D eigenvalue weighted by molar-refractivity contribution is -0.137. The molecule has 1 heterocycles. The second-order valence-corrected chi connectivity index (χ2v) is 5.82. The minimum Gasteiger partial charge on any atom is -0.368 e. The van der Waals surface area contributed by atoms with Crippen LogP contribution in [0, 0.1) is 11.8 Å². The number of aromatic nitrogens is 2. The molecule has 1 aromatic heterocycles. The number of amides is 2. The van der Waals surface area contributed by atoms with Crippen molar-refractivity contribution in [2.75, 3.05) is 16.4 Å². The minimum absolute atomic E-state index is 0.0246. The first kappa shape index (κ1) is 19.7. The molecule has 146 valence electrons. The van der Waals surface area contributed by atoms with Gasteiger partial charge >= 0.3 is 12.2 Å². The maximum absolute atomic E-state index is 12.8. The average molecular weight is 397 g/mol. The van der Waals surface area contributed by atoms with Crippen LogP contribution in [0.25, 0.3) is 0 Å². The average Bonchev–Trinajstić information content (AvgIpc) is 2.67. The topological polar surface area (TPSA) is 92.9 Å². The third-order valence-electron chi connectivity index (χ3n) is 3.59. The van der Waals surface area contributed by atoms with Crippen LogP contribution in [0.1, 0.15) is 16.7 Å². The Morgan fingerprint density at radius 3 is 2.14 bits per heavy atom. The van der Waals surface area contributed by atoms with E-state index in [1.54, 1.807) is 24.3 Å². The normalized spacial score (nSPS) is 10.6. The lowest BCUT2D eigenvalue weighted by Crippen LogP contribution is -2.19. The summed E-state index contributed by atoms with van der Waals surface area (Å²) in [5.41, 5.74) is 6.19. The Morgan fingerprint density at radius 1 is 0.897 bits per heavy atom. The van der Waals surface area contributed by atoms with Gasteiger partial charge in [0.15, 0.2) is 0 Å². The molecule has 0 spiro atoms. The van der Waals surface area contributed by atoms with Crippen LogP contribution >= 0.6 is 0 Å². The van der Waals surface area contributed by atoms with Crippen LogP contribution in [0.15, 0.2) is 60.9 Å². The fraction of sp³-hybridized carbons (Fsp3) is 0.0500. The molecule has 9 heteroatoms. The largest absolute Gasteiger partial charge is 0.416 e. The van der Waals surface area contributed by atoms with Crippen LogP contribution in [0.2, 0.25) is 0 Å². The van der Waals surface area contributed by atoms with Crippen LogP contribution in [-0.2, 0) is 6.18 Å². The lowest BCUT2D eigenvalue weighted by atomic mass is 10.2. The number of anilines is 3. The number of rotatable bonds is 2. The van der Waals surface area contributed by atoms with Crippen LogP contribution in [-0.4, -0.2) is 16.0 Å². The van der Waals surface area contributed by atoms with Crippen LogP contribution in [0.4, 0.5) is 35.3 Å². The molecular weight excluding hydrogens is 383 g/mol. The highest BCUT2D eigenvalue weighted by Gasteiger charge is 2.30. The second-order valence-electron chi connectivity index (χ2n) is 5.82. The van der Waals surface area contributed by atoms with Crippen molar-refractivity contribution in [1.82, 2.24) is 9.97 Å². The molecule has 4 N–H and O–H groups in total. The van der Waals surface area contributed by atoms with Crippen molar-refractivity contribution in [3.8, 4) is 11.8 Å². The van der Waals surface area contributed by atoms with Gasteiger partial charge < -0.3 is 16.4 Å². The molecule has 0 unspecified atom stereocenters. The van der Waals surface area contributed by atoms with Crippen molar-refractivity contribution in [3.05, 3.63) is 77.6 Å². The van der Waals surface area contributed by atoms with E-state index in [0.29, 0.717) is 16.8 Å². The predicted molar refractivity (Wildman–Crippen MR) is 103 cm³/mol. The van der Waals surface area contributed by atoms with Gasteiger partial charge in [-0.05, 0) is 36.4 Å². The number of hydrogen-bond donors (Lipinski definition) is 3. The number of nitrogens with zero attached hydrogens (tertiary/aromatic N) is 2. The van der Waals surface area contributed by atoms with E-state index < -0.39 is 17.8 Å². The molecule has 0 aliphatic heterocycles. The molecular formula is C20H14F3N5O.